The smallest absolute Gasteiger partial charge is 0.265 e. The molecule has 0 aliphatic heterocycles. The van der Waals surface area contributed by atoms with Gasteiger partial charge in [0.05, 0.1) is 5.69 Å². The Morgan fingerprint density at radius 1 is 1.39 bits per heavy atom. The second-order valence-electron chi connectivity index (χ2n) is 5.70. The number of halogens is 1. The van der Waals surface area contributed by atoms with Crippen molar-refractivity contribution < 1.29 is 4.79 Å². The van der Waals surface area contributed by atoms with Crippen molar-refractivity contribution in [3.8, 4) is 0 Å². The van der Waals surface area contributed by atoms with E-state index in [1.54, 1.807) is 0 Å². The van der Waals surface area contributed by atoms with E-state index in [2.05, 4.69) is 37.8 Å². The van der Waals surface area contributed by atoms with Crippen molar-refractivity contribution in [2.45, 2.75) is 52.0 Å². The van der Waals surface area contributed by atoms with Crippen LogP contribution in [-0.2, 0) is 5.41 Å². The Kier molecular flexibility index (Phi) is 4.89. The summed E-state index contributed by atoms with van der Waals surface area (Å²) in [6.07, 6.45) is 0.862. The third-order valence-electron chi connectivity index (χ3n) is 2.90. The van der Waals surface area contributed by atoms with Crippen LogP contribution < -0.4 is 5.32 Å². The first-order chi connectivity index (χ1) is 8.23. The summed E-state index contributed by atoms with van der Waals surface area (Å²) in [5.74, 6) is -0.0845. The largest absolute Gasteiger partial charge is 0.345 e. The molecule has 1 heterocycles. The minimum Gasteiger partial charge on any atom is -0.345 e. The van der Waals surface area contributed by atoms with E-state index < -0.39 is 0 Å². The van der Waals surface area contributed by atoms with Crippen molar-refractivity contribution in [1.29, 1.82) is 0 Å². The van der Waals surface area contributed by atoms with E-state index in [-0.39, 0.29) is 16.9 Å². The highest BCUT2D eigenvalue weighted by Crippen LogP contribution is 2.26. The SMILES string of the molecule is CCC(C)(CBr)NC(=O)c1snnc1C(C)(C)C. The fourth-order valence-corrected chi connectivity index (χ4v) is 2.69. The quantitative estimate of drug-likeness (QED) is 0.861. The molecule has 0 aliphatic rings. The Labute approximate surface area is 121 Å². The Balaban J connectivity index is 2.96. The molecule has 1 rings (SSSR count). The first-order valence-electron chi connectivity index (χ1n) is 5.95. The van der Waals surface area contributed by atoms with Crippen LogP contribution in [0.25, 0.3) is 0 Å². The number of nitrogens with one attached hydrogen (secondary N) is 1. The zero-order valence-corrected chi connectivity index (χ0v) is 13.9. The summed E-state index contributed by atoms with van der Waals surface area (Å²) in [5, 5.41) is 7.86. The monoisotopic (exact) mass is 333 g/mol. The lowest BCUT2D eigenvalue weighted by Crippen LogP contribution is -2.47. The van der Waals surface area contributed by atoms with Gasteiger partial charge in [-0.15, -0.1) is 5.10 Å². The summed E-state index contributed by atoms with van der Waals surface area (Å²) in [6, 6.07) is 0. The molecule has 0 aliphatic carbocycles. The topological polar surface area (TPSA) is 54.9 Å². The minimum absolute atomic E-state index is 0.0845. The first kappa shape index (κ1) is 15.6. The number of hydrogen-bond acceptors (Lipinski definition) is 4. The summed E-state index contributed by atoms with van der Waals surface area (Å²) < 4.78 is 3.91. The van der Waals surface area contributed by atoms with Gasteiger partial charge in [0.1, 0.15) is 4.88 Å². The third kappa shape index (κ3) is 3.51. The van der Waals surface area contributed by atoms with Crippen LogP contribution in [0.3, 0.4) is 0 Å². The molecule has 4 nitrogen and oxygen atoms in total. The van der Waals surface area contributed by atoms with Crippen molar-refractivity contribution in [2.75, 3.05) is 5.33 Å². The molecule has 1 atom stereocenters. The van der Waals surface area contributed by atoms with Gasteiger partial charge in [-0.3, -0.25) is 4.79 Å². The van der Waals surface area contributed by atoms with Gasteiger partial charge < -0.3 is 5.32 Å². The Morgan fingerprint density at radius 2 is 2.00 bits per heavy atom. The second-order valence-corrected chi connectivity index (χ2v) is 7.02. The van der Waals surface area contributed by atoms with Crippen molar-refractivity contribution in [3.05, 3.63) is 10.6 Å². The molecule has 0 aromatic carbocycles. The van der Waals surface area contributed by atoms with E-state index >= 15 is 0 Å². The zero-order chi connectivity index (χ0) is 14.0. The van der Waals surface area contributed by atoms with Gasteiger partial charge in [-0.2, -0.15) is 0 Å². The molecule has 1 N–H and O–H groups in total. The number of hydrogen-bond donors (Lipinski definition) is 1. The van der Waals surface area contributed by atoms with Gasteiger partial charge in [-0.1, -0.05) is 48.1 Å². The average molecular weight is 334 g/mol. The summed E-state index contributed by atoms with van der Waals surface area (Å²) in [7, 11) is 0. The summed E-state index contributed by atoms with van der Waals surface area (Å²) in [5.41, 5.74) is 0.352. The van der Waals surface area contributed by atoms with Crippen LogP contribution in [0.2, 0.25) is 0 Å². The highest BCUT2D eigenvalue weighted by molar-refractivity contribution is 9.09. The van der Waals surface area contributed by atoms with E-state index in [0.29, 0.717) is 4.88 Å². The maximum Gasteiger partial charge on any atom is 0.265 e. The lowest BCUT2D eigenvalue weighted by molar-refractivity contribution is 0.0915. The number of rotatable bonds is 4. The van der Waals surface area contributed by atoms with Gasteiger partial charge in [-0.25, -0.2) is 0 Å². The van der Waals surface area contributed by atoms with Crippen molar-refractivity contribution >= 4 is 33.4 Å². The first-order valence-corrected chi connectivity index (χ1v) is 7.84. The van der Waals surface area contributed by atoms with Crippen molar-refractivity contribution in [1.82, 2.24) is 14.9 Å². The molecule has 1 amide bonds. The van der Waals surface area contributed by atoms with Gasteiger partial charge in [-0.05, 0) is 24.9 Å². The fourth-order valence-electron chi connectivity index (χ4n) is 1.38. The van der Waals surface area contributed by atoms with Crippen LogP contribution in [0.1, 0.15) is 56.4 Å². The molecule has 102 valence electrons. The molecular formula is C12H20BrN3OS. The molecule has 0 fully saturated rings. The molecule has 0 radical (unpaired) electrons. The maximum atomic E-state index is 12.3. The van der Waals surface area contributed by atoms with Gasteiger partial charge in [0.2, 0.25) is 0 Å². The Morgan fingerprint density at radius 3 is 2.44 bits per heavy atom. The van der Waals surface area contributed by atoms with Crippen LogP contribution in [0.4, 0.5) is 0 Å². The number of carbonyl (C=O) groups is 1. The molecule has 1 unspecified atom stereocenters. The van der Waals surface area contributed by atoms with E-state index in [1.165, 1.54) is 0 Å². The van der Waals surface area contributed by atoms with E-state index in [4.69, 9.17) is 0 Å². The van der Waals surface area contributed by atoms with Crippen LogP contribution >= 0.6 is 27.5 Å². The third-order valence-corrected chi connectivity index (χ3v) is 4.86. The fraction of sp³-hybridized carbons (Fsp3) is 0.750. The normalized spacial score (nSPS) is 15.2. The van der Waals surface area contributed by atoms with Gasteiger partial charge in [0.25, 0.3) is 5.91 Å². The maximum absolute atomic E-state index is 12.3. The lowest BCUT2D eigenvalue weighted by Gasteiger charge is -2.27. The Hall–Kier alpha value is -0.490. The molecular weight excluding hydrogens is 314 g/mol. The van der Waals surface area contributed by atoms with Crippen molar-refractivity contribution in [2.24, 2.45) is 0 Å². The minimum atomic E-state index is -0.240. The van der Waals surface area contributed by atoms with E-state index in [0.717, 1.165) is 29.0 Å². The number of alkyl halides is 1. The van der Waals surface area contributed by atoms with Crippen molar-refractivity contribution in [3.63, 3.8) is 0 Å². The molecule has 1 aromatic heterocycles. The number of nitrogens with zero attached hydrogens (tertiary/aromatic N) is 2. The number of amides is 1. The van der Waals surface area contributed by atoms with Crippen LogP contribution in [0.15, 0.2) is 0 Å². The molecule has 0 saturated carbocycles. The number of aromatic nitrogens is 2. The zero-order valence-electron chi connectivity index (χ0n) is 11.5. The summed E-state index contributed by atoms with van der Waals surface area (Å²) in [4.78, 5) is 12.9. The lowest BCUT2D eigenvalue weighted by atomic mass is 9.91. The summed E-state index contributed by atoms with van der Waals surface area (Å²) >= 11 is 4.60. The van der Waals surface area contributed by atoms with Crippen LogP contribution in [0.5, 0.6) is 0 Å². The Bertz CT molecular complexity index is 421. The molecule has 1 aromatic rings. The molecule has 0 saturated heterocycles. The van der Waals surface area contributed by atoms with Crippen LogP contribution in [-0.4, -0.2) is 26.4 Å². The average Bonchev–Trinajstić information content (AvgIpc) is 2.77. The predicted octanol–water partition coefficient (Wildman–Crippen LogP) is 3.13. The highest BCUT2D eigenvalue weighted by Gasteiger charge is 2.30. The molecule has 0 spiro atoms. The van der Waals surface area contributed by atoms with E-state index in [9.17, 15) is 4.79 Å². The predicted molar refractivity (Wildman–Crippen MR) is 78.6 cm³/mol. The van der Waals surface area contributed by atoms with Crippen LogP contribution in [0, 0.1) is 0 Å². The standard InChI is InChI=1S/C12H20BrN3OS/c1-6-12(5,7-13)14-10(17)8-9(11(2,3)4)15-16-18-8/h6-7H2,1-5H3,(H,14,17). The summed E-state index contributed by atoms with van der Waals surface area (Å²) in [6.45, 7) is 10.2. The molecule has 18 heavy (non-hydrogen) atoms. The second kappa shape index (κ2) is 5.65. The molecule has 0 bridgehead atoms. The van der Waals surface area contributed by atoms with Gasteiger partial charge >= 0.3 is 0 Å². The van der Waals surface area contributed by atoms with Gasteiger partial charge in [0.15, 0.2) is 0 Å². The van der Waals surface area contributed by atoms with E-state index in [1.807, 2.05) is 27.7 Å². The number of carbonyl (C=O) groups excluding carboxylic acids is 1. The molecule has 6 heteroatoms. The highest BCUT2D eigenvalue weighted by atomic mass is 79.9. The van der Waals surface area contributed by atoms with Gasteiger partial charge in [0, 0.05) is 16.3 Å².